The van der Waals surface area contributed by atoms with E-state index in [1.165, 1.54) is 31.5 Å². The summed E-state index contributed by atoms with van der Waals surface area (Å²) in [5.74, 6) is 4.45. The Hall–Kier alpha value is -5.78. The molecule has 12 nitrogen and oxygen atoms in total. The molecule has 6 aromatic rings. The van der Waals surface area contributed by atoms with Gasteiger partial charge in [-0.25, -0.2) is 15.0 Å². The van der Waals surface area contributed by atoms with E-state index in [1.807, 2.05) is 48.0 Å². The molecule has 2 aliphatic heterocycles. The van der Waals surface area contributed by atoms with Crippen molar-refractivity contribution in [3.63, 3.8) is 0 Å². The number of rotatable bonds is 7. The largest absolute Gasteiger partial charge is 0.481 e. The fourth-order valence-corrected chi connectivity index (χ4v) is 8.27. The Labute approximate surface area is 319 Å². The highest BCUT2D eigenvalue weighted by atomic mass is 16.5. The van der Waals surface area contributed by atoms with Gasteiger partial charge in [0.1, 0.15) is 11.6 Å². The molecule has 0 radical (unpaired) electrons. The van der Waals surface area contributed by atoms with Crippen molar-refractivity contribution in [2.75, 3.05) is 20.2 Å². The number of pyridine rings is 2. The zero-order valence-electron chi connectivity index (χ0n) is 31.7. The summed E-state index contributed by atoms with van der Waals surface area (Å²) in [6.45, 7) is 8.21. The number of benzene rings is 2. The Morgan fingerprint density at radius 3 is 1.78 bits per heavy atom. The normalized spacial score (nSPS) is 16.4. The van der Waals surface area contributed by atoms with Crippen molar-refractivity contribution in [2.24, 2.45) is 0 Å². The smallest absolute Gasteiger partial charge is 0.248 e. The number of H-pyrrole nitrogens is 1. The third-order valence-corrected chi connectivity index (χ3v) is 11.5. The van der Waals surface area contributed by atoms with E-state index in [9.17, 15) is 14.4 Å². The SMILES string of the molecule is CCC(=O)N1CCn2c(C3CC3)nc(-c3cccc4cc(=O)[nH]cc34)c2C1.CCC(=O)N1CCn2c(C3CC3)nc(-c3cccc4cc(OC)ncc34)c2C1. The number of hydrogen-bond donors (Lipinski definition) is 1. The van der Waals surface area contributed by atoms with Crippen LogP contribution in [0, 0.1) is 0 Å². The first-order valence-corrected chi connectivity index (χ1v) is 19.6. The Balaban J connectivity index is 0.000000144. The second-order valence-corrected chi connectivity index (χ2v) is 15.1. The highest BCUT2D eigenvalue weighted by Gasteiger charge is 2.36. The highest BCUT2D eigenvalue weighted by Crippen LogP contribution is 2.44. The van der Waals surface area contributed by atoms with Crippen LogP contribution >= 0.6 is 0 Å². The first-order chi connectivity index (χ1) is 26.8. The molecular formula is C43H46N8O4. The molecule has 4 aromatic heterocycles. The van der Waals surface area contributed by atoms with E-state index in [0.717, 1.165) is 87.5 Å². The molecule has 2 aliphatic carbocycles. The van der Waals surface area contributed by atoms with E-state index < -0.39 is 0 Å². The summed E-state index contributed by atoms with van der Waals surface area (Å²) in [6.07, 6.45) is 9.50. The molecule has 2 fully saturated rings. The van der Waals surface area contributed by atoms with Crippen molar-refractivity contribution in [3.05, 3.63) is 94.3 Å². The van der Waals surface area contributed by atoms with Crippen LogP contribution < -0.4 is 10.3 Å². The molecule has 0 saturated heterocycles. The molecular weight excluding hydrogens is 693 g/mol. The Morgan fingerprint density at radius 1 is 0.745 bits per heavy atom. The van der Waals surface area contributed by atoms with E-state index >= 15 is 0 Å². The van der Waals surface area contributed by atoms with Crippen LogP contribution in [-0.2, 0) is 35.8 Å². The first-order valence-electron chi connectivity index (χ1n) is 19.6. The second-order valence-electron chi connectivity index (χ2n) is 15.1. The molecule has 1 N–H and O–H groups in total. The van der Waals surface area contributed by atoms with Crippen molar-refractivity contribution in [3.8, 4) is 28.4 Å². The monoisotopic (exact) mass is 738 g/mol. The van der Waals surface area contributed by atoms with Gasteiger partial charge in [0, 0.05) is 97.3 Å². The maximum absolute atomic E-state index is 12.3. The summed E-state index contributed by atoms with van der Waals surface area (Å²) >= 11 is 0. The molecule has 0 spiro atoms. The van der Waals surface area contributed by atoms with Gasteiger partial charge in [0.25, 0.3) is 0 Å². The van der Waals surface area contributed by atoms with Gasteiger partial charge in [0.2, 0.25) is 23.3 Å². The summed E-state index contributed by atoms with van der Waals surface area (Å²) in [5, 5.41) is 4.03. The molecule has 2 saturated carbocycles. The average Bonchev–Trinajstić information content (AvgIpc) is 4.18. The van der Waals surface area contributed by atoms with Crippen LogP contribution in [0.4, 0.5) is 0 Å². The van der Waals surface area contributed by atoms with Crippen LogP contribution in [0.2, 0.25) is 0 Å². The number of aromatic amines is 1. The van der Waals surface area contributed by atoms with Crippen LogP contribution in [-0.4, -0.2) is 70.9 Å². The van der Waals surface area contributed by atoms with Gasteiger partial charge >= 0.3 is 0 Å². The fraction of sp³-hybridized carbons (Fsp3) is 0.395. The Morgan fingerprint density at radius 2 is 1.27 bits per heavy atom. The van der Waals surface area contributed by atoms with Crippen molar-refractivity contribution in [1.82, 2.24) is 38.9 Å². The van der Waals surface area contributed by atoms with Crippen molar-refractivity contribution < 1.29 is 14.3 Å². The van der Waals surface area contributed by atoms with Gasteiger partial charge in [-0.3, -0.25) is 14.4 Å². The van der Waals surface area contributed by atoms with Gasteiger partial charge in [-0.2, -0.15) is 0 Å². The fourth-order valence-electron chi connectivity index (χ4n) is 8.27. The van der Waals surface area contributed by atoms with Gasteiger partial charge in [-0.1, -0.05) is 50.2 Å². The van der Waals surface area contributed by atoms with E-state index in [4.69, 9.17) is 14.7 Å². The van der Waals surface area contributed by atoms with Crippen LogP contribution in [0.25, 0.3) is 44.1 Å². The second kappa shape index (κ2) is 14.1. The van der Waals surface area contributed by atoms with Crippen LogP contribution in [0.1, 0.15) is 87.2 Å². The quantitative estimate of drug-likeness (QED) is 0.192. The number of carbonyl (C=O) groups is 2. The van der Waals surface area contributed by atoms with E-state index in [-0.39, 0.29) is 17.4 Å². The van der Waals surface area contributed by atoms with Gasteiger partial charge < -0.3 is 28.7 Å². The minimum atomic E-state index is -0.107. The predicted molar refractivity (Wildman–Crippen MR) is 211 cm³/mol. The third kappa shape index (κ3) is 6.47. The number of nitrogens with zero attached hydrogens (tertiary/aromatic N) is 7. The number of methoxy groups -OCH3 is 1. The zero-order chi connectivity index (χ0) is 37.8. The number of imidazole rings is 2. The number of nitrogens with one attached hydrogen (secondary N) is 1. The minimum Gasteiger partial charge on any atom is -0.481 e. The summed E-state index contributed by atoms with van der Waals surface area (Å²) in [5.41, 5.74) is 6.20. The molecule has 2 amide bonds. The predicted octanol–water partition coefficient (Wildman–Crippen LogP) is 6.76. The van der Waals surface area contributed by atoms with E-state index in [0.29, 0.717) is 43.6 Å². The maximum Gasteiger partial charge on any atom is 0.248 e. The number of carbonyl (C=O) groups excluding carboxylic acids is 2. The Bertz CT molecular complexity index is 2520. The zero-order valence-corrected chi connectivity index (χ0v) is 31.7. The number of ether oxygens (including phenoxy) is 1. The molecule has 0 unspecified atom stereocenters. The summed E-state index contributed by atoms with van der Waals surface area (Å²) < 4.78 is 9.97. The number of aromatic nitrogens is 6. The van der Waals surface area contributed by atoms with Crippen LogP contribution in [0.3, 0.4) is 0 Å². The molecule has 2 aromatic carbocycles. The molecule has 282 valence electrons. The number of fused-ring (bicyclic) bond motifs is 4. The molecule has 6 heterocycles. The van der Waals surface area contributed by atoms with E-state index in [1.54, 1.807) is 19.4 Å². The lowest BCUT2D eigenvalue weighted by molar-refractivity contribution is -0.133. The van der Waals surface area contributed by atoms with Gasteiger partial charge in [0.15, 0.2) is 0 Å². The molecule has 0 atom stereocenters. The molecule has 10 rings (SSSR count). The summed E-state index contributed by atoms with van der Waals surface area (Å²) in [4.78, 5) is 57.6. The highest BCUT2D eigenvalue weighted by molar-refractivity contribution is 5.97. The lowest BCUT2D eigenvalue weighted by Crippen LogP contribution is -2.38. The van der Waals surface area contributed by atoms with Crippen LogP contribution in [0.5, 0.6) is 5.88 Å². The molecule has 55 heavy (non-hydrogen) atoms. The first kappa shape index (κ1) is 35.0. The number of hydrogen-bond acceptors (Lipinski definition) is 7. The van der Waals surface area contributed by atoms with Gasteiger partial charge in [-0.05, 0) is 36.5 Å². The standard InChI is InChI=1S/C22H24N4O2.C21H22N4O2/c1-3-20(27)25-9-10-26-18(13-25)21(24-22(26)14-7-8-14)16-6-4-5-15-11-19(28-2)23-12-17(15)16;1-2-19(27)24-8-9-25-17(12-24)20(23-21(25)13-6-7-13)15-5-3-4-14-10-18(26)22-11-16(14)15/h4-6,11-12,14H,3,7-10,13H2,1-2H3;3-5,10-11,13H,2,6-9,12H2,1H3,(H,22,26). The minimum absolute atomic E-state index is 0.107. The third-order valence-electron chi connectivity index (χ3n) is 11.5. The van der Waals surface area contributed by atoms with E-state index in [2.05, 4.69) is 43.4 Å². The molecule has 12 heteroatoms. The van der Waals surface area contributed by atoms with Crippen molar-refractivity contribution in [1.29, 1.82) is 0 Å². The lowest BCUT2D eigenvalue weighted by atomic mass is 10.0. The van der Waals surface area contributed by atoms with Crippen molar-refractivity contribution in [2.45, 2.75) is 90.4 Å². The summed E-state index contributed by atoms with van der Waals surface area (Å²) in [7, 11) is 1.63. The molecule has 4 aliphatic rings. The molecule has 0 bridgehead atoms. The van der Waals surface area contributed by atoms with Crippen molar-refractivity contribution >= 4 is 33.4 Å². The van der Waals surface area contributed by atoms with Crippen LogP contribution in [0.15, 0.2) is 65.7 Å². The lowest BCUT2D eigenvalue weighted by Gasteiger charge is -2.29. The summed E-state index contributed by atoms with van der Waals surface area (Å²) in [6, 6.07) is 15.8. The average molecular weight is 739 g/mol. The Kier molecular flexibility index (Phi) is 8.98. The topological polar surface area (TPSA) is 131 Å². The number of amides is 2. The maximum atomic E-state index is 12.3. The van der Waals surface area contributed by atoms with Gasteiger partial charge in [0.05, 0.1) is 43.0 Å². The van der Waals surface area contributed by atoms with Gasteiger partial charge in [-0.15, -0.1) is 0 Å².